The van der Waals surface area contributed by atoms with Crippen LogP contribution in [0.15, 0.2) is 15.7 Å². The maximum Gasteiger partial charge on any atom is 0.188 e. The topological polar surface area (TPSA) is 44.0 Å². The average Bonchev–Trinajstić information content (AvgIpc) is 2.56. The van der Waals surface area contributed by atoms with Crippen LogP contribution in [0.4, 0.5) is 0 Å². The smallest absolute Gasteiger partial charge is 0.188 e. The molecule has 0 fully saturated rings. The highest BCUT2D eigenvalue weighted by atomic mass is 16.1. The Bertz CT molecular complexity index is 945. The number of pyridine rings is 2. The number of rotatable bonds is 2. The van der Waals surface area contributed by atoms with E-state index in [1.54, 1.807) is 6.07 Å². The van der Waals surface area contributed by atoms with Crippen LogP contribution in [0.2, 0.25) is 0 Å². The minimum atomic E-state index is 0. The summed E-state index contributed by atoms with van der Waals surface area (Å²) in [5.41, 5.74) is 7.42. The minimum Gasteiger partial charge on any atom is -0.352 e. The number of aromatic nitrogens is 2. The SMILES string of the molecule is C.C.Cc1c(C)n(C)c(C)c(C(C)C)c1=O.Cc1cc(=O)c(C(C)C)c(C)n1C. The van der Waals surface area contributed by atoms with E-state index in [0.717, 1.165) is 39.5 Å². The molecule has 29 heavy (non-hydrogen) atoms. The van der Waals surface area contributed by atoms with Gasteiger partial charge in [-0.1, -0.05) is 42.5 Å². The van der Waals surface area contributed by atoms with Crippen LogP contribution >= 0.6 is 0 Å². The van der Waals surface area contributed by atoms with Gasteiger partial charge in [0.15, 0.2) is 10.9 Å². The normalized spacial score (nSPS) is 10.2. The second-order valence-corrected chi connectivity index (χ2v) is 8.12. The van der Waals surface area contributed by atoms with Gasteiger partial charge in [0.25, 0.3) is 0 Å². The van der Waals surface area contributed by atoms with Crippen LogP contribution < -0.4 is 10.9 Å². The Morgan fingerprint density at radius 3 is 1.52 bits per heavy atom. The Balaban J connectivity index is 0. The fraction of sp³-hybridized carbons (Fsp3) is 0.600. The highest BCUT2D eigenvalue weighted by Gasteiger charge is 2.14. The summed E-state index contributed by atoms with van der Waals surface area (Å²) >= 11 is 0. The summed E-state index contributed by atoms with van der Waals surface area (Å²) in [7, 11) is 4.01. The zero-order valence-corrected chi connectivity index (χ0v) is 18.9. The summed E-state index contributed by atoms with van der Waals surface area (Å²) in [6, 6.07) is 1.71. The van der Waals surface area contributed by atoms with Gasteiger partial charge in [-0.05, 0) is 46.5 Å². The van der Waals surface area contributed by atoms with Crippen molar-refractivity contribution in [2.45, 2.75) is 89.0 Å². The minimum absolute atomic E-state index is 0. The summed E-state index contributed by atoms with van der Waals surface area (Å²) in [6.07, 6.45) is 0. The molecule has 0 atom stereocenters. The van der Waals surface area contributed by atoms with Crippen molar-refractivity contribution >= 4 is 0 Å². The predicted octanol–water partition coefficient (Wildman–Crippen LogP) is 5.83. The Hall–Kier alpha value is -2.10. The Morgan fingerprint density at radius 2 is 1.10 bits per heavy atom. The molecular weight excluding hydrogens is 360 g/mol. The fourth-order valence-electron chi connectivity index (χ4n) is 3.58. The van der Waals surface area contributed by atoms with Crippen molar-refractivity contribution in [3.05, 3.63) is 66.0 Å². The van der Waals surface area contributed by atoms with E-state index in [0.29, 0.717) is 11.8 Å². The van der Waals surface area contributed by atoms with Gasteiger partial charge >= 0.3 is 0 Å². The van der Waals surface area contributed by atoms with Gasteiger partial charge < -0.3 is 9.13 Å². The molecule has 0 bridgehead atoms. The third-order valence-electron chi connectivity index (χ3n) is 5.71. The first-order valence-corrected chi connectivity index (χ1v) is 9.66. The van der Waals surface area contributed by atoms with Gasteiger partial charge in [-0.15, -0.1) is 0 Å². The molecule has 2 aromatic heterocycles. The third-order valence-corrected chi connectivity index (χ3v) is 5.71. The lowest BCUT2D eigenvalue weighted by Crippen LogP contribution is -2.22. The first-order chi connectivity index (χ1) is 12.3. The lowest BCUT2D eigenvalue weighted by Gasteiger charge is -2.17. The molecule has 0 radical (unpaired) electrons. The Kier molecular flexibility index (Phi) is 11.2. The summed E-state index contributed by atoms with van der Waals surface area (Å²) in [5.74, 6) is 0.604. The molecule has 4 heteroatoms. The van der Waals surface area contributed by atoms with Crippen LogP contribution in [-0.4, -0.2) is 9.13 Å². The predicted molar refractivity (Wildman–Crippen MR) is 129 cm³/mol. The highest BCUT2D eigenvalue weighted by molar-refractivity contribution is 5.32. The van der Waals surface area contributed by atoms with Gasteiger partial charge in [0.05, 0.1) is 0 Å². The summed E-state index contributed by atoms with van der Waals surface area (Å²) in [6.45, 7) is 18.1. The first kappa shape index (κ1) is 29.1. The van der Waals surface area contributed by atoms with Crippen LogP contribution in [0.25, 0.3) is 0 Å². The molecule has 166 valence electrons. The highest BCUT2D eigenvalue weighted by Crippen LogP contribution is 2.17. The molecule has 0 aromatic carbocycles. The van der Waals surface area contributed by atoms with Crippen molar-refractivity contribution in [2.24, 2.45) is 14.1 Å². The molecule has 4 nitrogen and oxygen atoms in total. The molecular formula is C25H44N2O2. The van der Waals surface area contributed by atoms with E-state index in [1.165, 1.54) is 0 Å². The van der Waals surface area contributed by atoms with Gasteiger partial charge in [-0.25, -0.2) is 0 Å². The average molecular weight is 405 g/mol. The van der Waals surface area contributed by atoms with Gasteiger partial charge in [0.1, 0.15) is 0 Å². The van der Waals surface area contributed by atoms with Gasteiger partial charge in [-0.2, -0.15) is 0 Å². The molecule has 2 rings (SSSR count). The largest absolute Gasteiger partial charge is 0.352 e. The zero-order valence-electron chi connectivity index (χ0n) is 18.9. The van der Waals surface area contributed by atoms with Gasteiger partial charge in [-0.3, -0.25) is 9.59 Å². The summed E-state index contributed by atoms with van der Waals surface area (Å²) in [5, 5.41) is 0. The van der Waals surface area contributed by atoms with E-state index in [4.69, 9.17) is 0 Å². The van der Waals surface area contributed by atoms with Gasteiger partial charge in [0, 0.05) is 59.6 Å². The van der Waals surface area contributed by atoms with E-state index in [9.17, 15) is 9.59 Å². The Labute approximate surface area is 178 Å². The van der Waals surface area contributed by atoms with E-state index in [-0.39, 0.29) is 25.7 Å². The second-order valence-electron chi connectivity index (χ2n) is 8.12. The number of hydrogen-bond acceptors (Lipinski definition) is 2. The summed E-state index contributed by atoms with van der Waals surface area (Å²) < 4.78 is 4.17. The van der Waals surface area contributed by atoms with Crippen LogP contribution in [-0.2, 0) is 14.1 Å². The van der Waals surface area contributed by atoms with Crippen molar-refractivity contribution in [2.75, 3.05) is 0 Å². The molecule has 0 saturated carbocycles. The van der Waals surface area contributed by atoms with E-state index in [2.05, 4.69) is 36.8 Å². The van der Waals surface area contributed by atoms with Crippen molar-refractivity contribution in [1.29, 1.82) is 0 Å². The number of hydrogen-bond donors (Lipinski definition) is 0. The van der Waals surface area contributed by atoms with E-state index in [1.807, 2.05) is 48.7 Å². The molecule has 0 aliphatic carbocycles. The molecule has 0 aliphatic rings. The molecule has 0 N–H and O–H groups in total. The fourth-order valence-corrected chi connectivity index (χ4v) is 3.58. The Morgan fingerprint density at radius 1 is 0.690 bits per heavy atom. The molecule has 0 saturated heterocycles. The zero-order chi connectivity index (χ0) is 21.2. The summed E-state index contributed by atoms with van der Waals surface area (Å²) in [4.78, 5) is 23.6. The number of nitrogens with zero attached hydrogens (tertiary/aromatic N) is 2. The quantitative estimate of drug-likeness (QED) is 0.632. The van der Waals surface area contributed by atoms with Crippen LogP contribution in [0.3, 0.4) is 0 Å². The van der Waals surface area contributed by atoms with Gasteiger partial charge in [0.2, 0.25) is 0 Å². The second kappa shape index (κ2) is 11.2. The molecule has 0 aliphatic heterocycles. The molecule has 0 spiro atoms. The van der Waals surface area contributed by atoms with Crippen molar-refractivity contribution in [3.8, 4) is 0 Å². The van der Waals surface area contributed by atoms with Crippen LogP contribution in [0.1, 0.15) is 93.9 Å². The lowest BCUT2D eigenvalue weighted by atomic mass is 9.98. The van der Waals surface area contributed by atoms with Crippen molar-refractivity contribution in [3.63, 3.8) is 0 Å². The van der Waals surface area contributed by atoms with E-state index >= 15 is 0 Å². The lowest BCUT2D eigenvalue weighted by molar-refractivity contribution is 0.742. The monoisotopic (exact) mass is 404 g/mol. The maximum absolute atomic E-state index is 12.0. The van der Waals surface area contributed by atoms with Crippen LogP contribution in [0.5, 0.6) is 0 Å². The van der Waals surface area contributed by atoms with Crippen LogP contribution in [0, 0.1) is 34.6 Å². The van der Waals surface area contributed by atoms with Crippen molar-refractivity contribution < 1.29 is 0 Å². The number of aryl methyl sites for hydroxylation is 1. The maximum atomic E-state index is 12.0. The molecule has 0 unspecified atom stereocenters. The van der Waals surface area contributed by atoms with E-state index < -0.39 is 0 Å². The molecule has 2 heterocycles. The van der Waals surface area contributed by atoms with Crippen molar-refractivity contribution in [1.82, 2.24) is 9.13 Å². The standard InChI is InChI=1S/C12H19NO.C11H17NO.2CH4/c1-7(2)11-10(5)13(6)9(4)8(3)12(11)14;1-7(2)11-9(4)12(5)8(3)6-10(11)13;;/h7H,1-6H3;6-7H,1-5H3;2*1H4. The first-order valence-electron chi connectivity index (χ1n) is 9.66. The molecule has 2 aromatic rings. The third kappa shape index (κ3) is 5.94. The molecule has 0 amide bonds.